The fourth-order valence-electron chi connectivity index (χ4n) is 2.29. The third kappa shape index (κ3) is 2.72. The maximum absolute atomic E-state index is 12.8. The van der Waals surface area contributed by atoms with Gasteiger partial charge in [0.25, 0.3) is 5.91 Å². The molecule has 0 spiro atoms. The number of nitrogens with zero attached hydrogens (tertiary/aromatic N) is 1. The van der Waals surface area contributed by atoms with Crippen molar-refractivity contribution in [1.82, 2.24) is 10.3 Å². The highest BCUT2D eigenvalue weighted by atomic mass is 19.4. The number of hydrogen-bond acceptors (Lipinski definition) is 2. The van der Waals surface area contributed by atoms with Crippen molar-refractivity contribution in [2.45, 2.75) is 44.3 Å². The van der Waals surface area contributed by atoms with Gasteiger partial charge in [-0.2, -0.15) is 13.2 Å². The second kappa shape index (κ2) is 4.83. The van der Waals surface area contributed by atoms with Gasteiger partial charge in [-0.15, -0.1) is 0 Å². The van der Waals surface area contributed by atoms with Crippen LogP contribution in [0.2, 0.25) is 0 Å². The van der Waals surface area contributed by atoms with Crippen molar-refractivity contribution in [2.75, 3.05) is 0 Å². The van der Waals surface area contributed by atoms with E-state index in [-0.39, 0.29) is 5.54 Å². The van der Waals surface area contributed by atoms with E-state index in [1.807, 2.05) is 6.92 Å². The fraction of sp³-hybridized carbons (Fsp3) is 0.538. The number of carbonyl (C=O) groups excluding carboxylic acids is 1. The molecule has 0 atom stereocenters. The molecule has 2 rings (SSSR count). The Balaban J connectivity index is 2.25. The van der Waals surface area contributed by atoms with Crippen LogP contribution in [-0.2, 0) is 6.18 Å². The topological polar surface area (TPSA) is 42.0 Å². The Kier molecular flexibility index (Phi) is 3.52. The number of amides is 1. The van der Waals surface area contributed by atoms with Gasteiger partial charge in [-0.1, -0.05) is 6.92 Å². The van der Waals surface area contributed by atoms with Crippen LogP contribution < -0.4 is 5.32 Å². The molecule has 1 N–H and O–H groups in total. The van der Waals surface area contributed by atoms with E-state index < -0.39 is 23.3 Å². The van der Waals surface area contributed by atoms with E-state index in [0.717, 1.165) is 25.3 Å². The van der Waals surface area contributed by atoms with Gasteiger partial charge in [0.05, 0.1) is 5.56 Å². The van der Waals surface area contributed by atoms with Crippen molar-refractivity contribution < 1.29 is 18.0 Å². The number of pyridine rings is 1. The van der Waals surface area contributed by atoms with E-state index >= 15 is 0 Å². The molecule has 0 aliphatic heterocycles. The molecule has 1 aliphatic carbocycles. The van der Waals surface area contributed by atoms with Crippen LogP contribution in [0.3, 0.4) is 0 Å². The van der Waals surface area contributed by atoms with Crippen LogP contribution in [0, 0.1) is 0 Å². The van der Waals surface area contributed by atoms with Crippen molar-refractivity contribution in [2.24, 2.45) is 0 Å². The first-order valence-corrected chi connectivity index (χ1v) is 6.23. The quantitative estimate of drug-likeness (QED) is 0.918. The SMILES string of the molecule is CCC1(NC(=O)c2ncccc2C(F)(F)F)CCC1. The highest BCUT2D eigenvalue weighted by molar-refractivity contribution is 5.94. The van der Waals surface area contributed by atoms with Crippen molar-refractivity contribution in [1.29, 1.82) is 0 Å². The van der Waals surface area contributed by atoms with Crippen molar-refractivity contribution in [3.05, 3.63) is 29.6 Å². The summed E-state index contributed by atoms with van der Waals surface area (Å²) < 4.78 is 38.4. The molecule has 3 nitrogen and oxygen atoms in total. The minimum absolute atomic E-state index is 0.350. The lowest BCUT2D eigenvalue weighted by Crippen LogP contribution is -2.53. The number of rotatable bonds is 3. The second-order valence-electron chi connectivity index (χ2n) is 4.84. The third-order valence-electron chi connectivity index (χ3n) is 3.69. The molecule has 1 aromatic heterocycles. The molecule has 1 fully saturated rings. The van der Waals surface area contributed by atoms with E-state index in [0.29, 0.717) is 6.42 Å². The largest absolute Gasteiger partial charge is 0.418 e. The first-order valence-electron chi connectivity index (χ1n) is 6.23. The minimum Gasteiger partial charge on any atom is -0.345 e. The van der Waals surface area contributed by atoms with Gasteiger partial charge in [0.1, 0.15) is 5.69 Å². The number of aromatic nitrogens is 1. The van der Waals surface area contributed by atoms with Gasteiger partial charge in [0.2, 0.25) is 0 Å². The molecule has 0 bridgehead atoms. The normalized spacial score (nSPS) is 17.7. The average Bonchev–Trinajstić information content (AvgIpc) is 2.32. The molecule has 1 heterocycles. The number of nitrogens with one attached hydrogen (secondary N) is 1. The maximum Gasteiger partial charge on any atom is 0.418 e. The van der Waals surface area contributed by atoms with Crippen LogP contribution in [0.1, 0.15) is 48.7 Å². The van der Waals surface area contributed by atoms with Crippen LogP contribution in [0.25, 0.3) is 0 Å². The number of carbonyl (C=O) groups is 1. The first kappa shape index (κ1) is 13.8. The summed E-state index contributed by atoms with van der Waals surface area (Å²) in [7, 11) is 0. The van der Waals surface area contributed by atoms with Gasteiger partial charge in [-0.05, 0) is 37.8 Å². The number of halogens is 3. The van der Waals surface area contributed by atoms with Gasteiger partial charge in [-0.25, -0.2) is 0 Å². The predicted molar refractivity (Wildman–Crippen MR) is 63.6 cm³/mol. The summed E-state index contributed by atoms with van der Waals surface area (Å²) >= 11 is 0. The van der Waals surface area contributed by atoms with E-state index in [2.05, 4.69) is 10.3 Å². The summed E-state index contributed by atoms with van der Waals surface area (Å²) in [6, 6.07) is 2.06. The van der Waals surface area contributed by atoms with Gasteiger partial charge >= 0.3 is 6.18 Å². The molecule has 0 radical (unpaired) electrons. The van der Waals surface area contributed by atoms with Crippen molar-refractivity contribution >= 4 is 5.91 Å². The summed E-state index contributed by atoms with van der Waals surface area (Å²) in [5.41, 5.74) is -1.88. The average molecular weight is 272 g/mol. The molecule has 1 aliphatic rings. The van der Waals surface area contributed by atoms with E-state index in [9.17, 15) is 18.0 Å². The molecule has 0 unspecified atom stereocenters. The summed E-state index contributed by atoms with van der Waals surface area (Å²) in [5, 5.41) is 2.71. The van der Waals surface area contributed by atoms with Crippen LogP contribution >= 0.6 is 0 Å². The predicted octanol–water partition coefficient (Wildman–Crippen LogP) is 3.16. The van der Waals surface area contributed by atoms with Gasteiger partial charge < -0.3 is 5.32 Å². The zero-order chi connectivity index (χ0) is 14.1. The molecule has 1 saturated carbocycles. The van der Waals surface area contributed by atoms with Gasteiger partial charge in [0.15, 0.2) is 0 Å². The third-order valence-corrected chi connectivity index (χ3v) is 3.69. The molecular formula is C13H15F3N2O. The van der Waals surface area contributed by atoms with Crippen LogP contribution in [-0.4, -0.2) is 16.4 Å². The molecule has 19 heavy (non-hydrogen) atoms. The standard InChI is InChI=1S/C13H15F3N2O/c1-2-12(6-4-7-12)18-11(19)10-9(13(14,15)16)5-3-8-17-10/h3,5,8H,2,4,6-7H2,1H3,(H,18,19). The monoisotopic (exact) mass is 272 g/mol. The highest BCUT2D eigenvalue weighted by Crippen LogP contribution is 2.36. The minimum atomic E-state index is -4.57. The van der Waals surface area contributed by atoms with E-state index in [1.165, 1.54) is 12.3 Å². The lowest BCUT2D eigenvalue weighted by Gasteiger charge is -2.42. The first-order chi connectivity index (χ1) is 8.88. The molecule has 1 aromatic rings. The zero-order valence-corrected chi connectivity index (χ0v) is 10.5. The molecule has 0 aromatic carbocycles. The molecular weight excluding hydrogens is 257 g/mol. The lowest BCUT2D eigenvalue weighted by molar-refractivity contribution is -0.138. The Hall–Kier alpha value is -1.59. The summed E-state index contributed by atoms with van der Waals surface area (Å²) in [6.07, 6.45) is -0.0499. The van der Waals surface area contributed by atoms with Crippen LogP contribution in [0.4, 0.5) is 13.2 Å². The lowest BCUT2D eigenvalue weighted by atomic mass is 9.75. The van der Waals surface area contributed by atoms with E-state index in [1.54, 1.807) is 0 Å². The van der Waals surface area contributed by atoms with Gasteiger partial charge in [0, 0.05) is 11.7 Å². The van der Waals surface area contributed by atoms with E-state index in [4.69, 9.17) is 0 Å². The fourth-order valence-corrected chi connectivity index (χ4v) is 2.29. The zero-order valence-electron chi connectivity index (χ0n) is 10.5. The number of hydrogen-bond donors (Lipinski definition) is 1. The van der Waals surface area contributed by atoms with Gasteiger partial charge in [-0.3, -0.25) is 9.78 Å². The van der Waals surface area contributed by atoms with Crippen molar-refractivity contribution in [3.63, 3.8) is 0 Å². The molecule has 104 valence electrons. The summed E-state index contributed by atoms with van der Waals surface area (Å²) in [5.74, 6) is -0.741. The molecule has 0 saturated heterocycles. The highest BCUT2D eigenvalue weighted by Gasteiger charge is 2.40. The van der Waals surface area contributed by atoms with Crippen LogP contribution in [0.15, 0.2) is 18.3 Å². The summed E-state index contributed by atoms with van der Waals surface area (Å²) in [4.78, 5) is 15.6. The van der Waals surface area contributed by atoms with Crippen LogP contribution in [0.5, 0.6) is 0 Å². The Labute approximate surface area is 109 Å². The Morgan fingerprint density at radius 3 is 2.63 bits per heavy atom. The second-order valence-corrected chi connectivity index (χ2v) is 4.84. The Morgan fingerprint density at radius 1 is 1.47 bits per heavy atom. The molecule has 6 heteroatoms. The molecule has 1 amide bonds. The Morgan fingerprint density at radius 2 is 2.16 bits per heavy atom. The van der Waals surface area contributed by atoms with Crippen molar-refractivity contribution in [3.8, 4) is 0 Å². The summed E-state index contributed by atoms with van der Waals surface area (Å²) in [6.45, 7) is 1.92. The smallest absolute Gasteiger partial charge is 0.345 e. The maximum atomic E-state index is 12.8. The number of alkyl halides is 3. The Bertz CT molecular complexity index is 476.